The molecule has 0 aromatic heterocycles. The molecule has 0 spiro atoms. The number of likely N-dealkylation sites (N-methyl/N-ethyl adjacent to an activating group) is 1. The molecule has 1 rings (SSSR count). The first-order chi connectivity index (χ1) is 32.4. The standard InChI is InChI=1S/C36H74N4O.C15H29NO2.C6H14O/c1-5-8-11-14-17-20-23-26-38(27-24-21-18-15-12-9-6-2)31-32-39(28-25-22-19-16-13-10-7-3)35-36(41)40-33-29-37(4)30-34-40;1-2-3-4-5-6-7-8-11-16(13-15-18)12-9-10-14-17;1-3-4-5-6-7-2/h5-35H2,1-4H3;14-15H,2-13H2,1H3;3-6H2,1-2H3. The number of hydrogen-bond donors (Lipinski definition) is 0. The van der Waals surface area contributed by atoms with Gasteiger partial charge in [-0.25, -0.2) is 0 Å². The summed E-state index contributed by atoms with van der Waals surface area (Å²) in [5.41, 5.74) is 0. The molecule has 1 saturated heterocycles. The second kappa shape index (κ2) is 56.2. The van der Waals surface area contributed by atoms with Crippen molar-refractivity contribution in [3.05, 3.63) is 0 Å². The molecular weight excluding hydrogens is 819 g/mol. The van der Waals surface area contributed by atoms with Gasteiger partial charge in [0.05, 0.1) is 13.1 Å². The maximum Gasteiger partial charge on any atom is 0.236 e. The highest BCUT2D eigenvalue weighted by Crippen LogP contribution is 2.13. The van der Waals surface area contributed by atoms with Gasteiger partial charge in [-0.15, -0.1) is 0 Å². The van der Waals surface area contributed by atoms with Crippen molar-refractivity contribution in [1.29, 1.82) is 0 Å². The van der Waals surface area contributed by atoms with Gasteiger partial charge >= 0.3 is 0 Å². The van der Waals surface area contributed by atoms with Gasteiger partial charge in [0.2, 0.25) is 5.91 Å². The van der Waals surface area contributed by atoms with Crippen molar-refractivity contribution in [1.82, 2.24) is 24.5 Å². The second-order valence-electron chi connectivity index (χ2n) is 19.8. The highest BCUT2D eigenvalue weighted by Gasteiger charge is 2.21. The lowest BCUT2D eigenvalue weighted by molar-refractivity contribution is -0.134. The first kappa shape index (κ1) is 66.7. The Morgan fingerprint density at radius 3 is 1.17 bits per heavy atom. The van der Waals surface area contributed by atoms with Gasteiger partial charge in [0, 0.05) is 59.4 Å². The number of nitrogens with zero attached hydrogens (tertiary/aromatic N) is 5. The largest absolute Gasteiger partial charge is 0.385 e. The van der Waals surface area contributed by atoms with Crippen molar-refractivity contribution in [3.8, 4) is 0 Å². The molecule has 1 heterocycles. The topological polar surface area (TPSA) is 76.6 Å². The van der Waals surface area contributed by atoms with Crippen LogP contribution in [0.15, 0.2) is 0 Å². The van der Waals surface area contributed by atoms with Crippen LogP contribution < -0.4 is 0 Å². The summed E-state index contributed by atoms with van der Waals surface area (Å²) in [7, 11) is 3.91. The van der Waals surface area contributed by atoms with Gasteiger partial charge in [-0.2, -0.15) is 0 Å². The first-order valence-electron chi connectivity index (χ1n) is 28.9. The minimum atomic E-state index is 0.353. The summed E-state index contributed by atoms with van der Waals surface area (Å²) in [6.07, 6.45) is 44.9. The zero-order valence-electron chi connectivity index (χ0n) is 45.8. The van der Waals surface area contributed by atoms with Crippen LogP contribution in [-0.4, -0.2) is 149 Å². The van der Waals surface area contributed by atoms with Crippen LogP contribution in [0.25, 0.3) is 0 Å². The number of carbonyl (C=O) groups is 3. The molecule has 1 fully saturated rings. The van der Waals surface area contributed by atoms with Crippen LogP contribution >= 0.6 is 0 Å². The van der Waals surface area contributed by atoms with Crippen LogP contribution in [0.3, 0.4) is 0 Å². The average Bonchev–Trinajstić information content (AvgIpc) is 3.32. The van der Waals surface area contributed by atoms with E-state index in [1.807, 2.05) is 0 Å². The van der Waals surface area contributed by atoms with Gasteiger partial charge in [0.1, 0.15) is 12.6 Å². The molecular formula is C57H117N5O4. The normalized spacial score (nSPS) is 13.0. The number of carbonyl (C=O) groups excluding carboxylic acids is 3. The summed E-state index contributed by atoms with van der Waals surface area (Å²) in [5.74, 6) is 0.353. The van der Waals surface area contributed by atoms with Crippen LogP contribution in [-0.2, 0) is 19.1 Å². The zero-order chi connectivity index (χ0) is 48.8. The first-order valence-corrected chi connectivity index (χ1v) is 28.9. The molecule has 0 unspecified atom stereocenters. The van der Waals surface area contributed by atoms with Crippen molar-refractivity contribution in [2.24, 2.45) is 0 Å². The maximum atomic E-state index is 13.3. The molecule has 0 N–H and O–H groups in total. The van der Waals surface area contributed by atoms with Gasteiger partial charge in [-0.3, -0.25) is 14.6 Å². The number of hydrogen-bond acceptors (Lipinski definition) is 8. The SMILES string of the molecule is CCCCCCCCCN(CC=O)CCCC=O.CCCCCCCCCN(CCCCCCCCC)CCN(CCCCCCCCC)CC(=O)N1CCN(C)CC1.CCCCCOC. The summed E-state index contributed by atoms with van der Waals surface area (Å²) in [4.78, 5) is 45.9. The molecule has 0 saturated carbocycles. The van der Waals surface area contributed by atoms with E-state index in [0.717, 1.165) is 84.5 Å². The van der Waals surface area contributed by atoms with E-state index in [1.165, 1.54) is 212 Å². The molecule has 0 bridgehead atoms. The molecule has 66 heavy (non-hydrogen) atoms. The fourth-order valence-corrected chi connectivity index (χ4v) is 8.70. The molecule has 0 aliphatic carbocycles. The summed E-state index contributed by atoms with van der Waals surface area (Å²) in [5, 5.41) is 0. The number of methoxy groups -OCH3 is 1. The maximum absolute atomic E-state index is 13.3. The second-order valence-corrected chi connectivity index (χ2v) is 19.8. The Morgan fingerprint density at radius 2 is 0.773 bits per heavy atom. The monoisotopic (exact) mass is 936 g/mol. The van der Waals surface area contributed by atoms with E-state index in [-0.39, 0.29) is 0 Å². The lowest BCUT2D eigenvalue weighted by atomic mass is 10.1. The fraction of sp³-hybridized carbons (Fsp3) is 0.947. The summed E-state index contributed by atoms with van der Waals surface area (Å²) in [6.45, 7) is 24.7. The Morgan fingerprint density at radius 1 is 0.424 bits per heavy atom. The highest BCUT2D eigenvalue weighted by molar-refractivity contribution is 5.78. The van der Waals surface area contributed by atoms with Crippen molar-refractivity contribution < 1.29 is 19.1 Å². The predicted octanol–water partition coefficient (Wildman–Crippen LogP) is 13.7. The minimum absolute atomic E-state index is 0.353. The molecule has 1 amide bonds. The van der Waals surface area contributed by atoms with Crippen molar-refractivity contribution in [2.75, 3.05) is 106 Å². The Hall–Kier alpha value is -1.39. The molecule has 394 valence electrons. The van der Waals surface area contributed by atoms with E-state index >= 15 is 0 Å². The van der Waals surface area contributed by atoms with Crippen LogP contribution in [0, 0.1) is 0 Å². The quantitative estimate of drug-likeness (QED) is 0.0441. The smallest absolute Gasteiger partial charge is 0.236 e. The van der Waals surface area contributed by atoms with E-state index in [1.54, 1.807) is 7.11 Å². The van der Waals surface area contributed by atoms with E-state index < -0.39 is 0 Å². The van der Waals surface area contributed by atoms with Crippen LogP contribution in [0.1, 0.15) is 247 Å². The third-order valence-corrected chi connectivity index (χ3v) is 13.3. The number of unbranched alkanes of at least 4 members (excludes halogenated alkanes) is 27. The molecule has 0 radical (unpaired) electrons. The van der Waals surface area contributed by atoms with E-state index in [0.29, 0.717) is 25.4 Å². The van der Waals surface area contributed by atoms with Gasteiger partial charge in [0.25, 0.3) is 0 Å². The Balaban J connectivity index is 0. The van der Waals surface area contributed by atoms with Crippen molar-refractivity contribution in [3.63, 3.8) is 0 Å². The van der Waals surface area contributed by atoms with Crippen LogP contribution in [0.4, 0.5) is 0 Å². The number of aldehydes is 2. The number of ether oxygens (including phenoxy) is 1. The molecule has 0 atom stereocenters. The van der Waals surface area contributed by atoms with E-state index in [4.69, 9.17) is 4.74 Å². The minimum Gasteiger partial charge on any atom is -0.385 e. The average molecular weight is 937 g/mol. The number of piperazine rings is 1. The third-order valence-electron chi connectivity index (χ3n) is 13.3. The predicted molar refractivity (Wildman–Crippen MR) is 288 cm³/mol. The fourth-order valence-electron chi connectivity index (χ4n) is 8.70. The lowest BCUT2D eigenvalue weighted by Crippen LogP contribution is -2.50. The molecule has 1 aliphatic heterocycles. The zero-order valence-corrected chi connectivity index (χ0v) is 45.8. The van der Waals surface area contributed by atoms with Gasteiger partial charge < -0.3 is 29.0 Å². The van der Waals surface area contributed by atoms with E-state index in [9.17, 15) is 14.4 Å². The molecule has 1 aliphatic rings. The Kier molecular flexibility index (Phi) is 56.8. The number of rotatable bonds is 47. The number of amides is 1. The highest BCUT2D eigenvalue weighted by atomic mass is 16.5. The molecule has 9 nitrogen and oxygen atoms in total. The van der Waals surface area contributed by atoms with Crippen LogP contribution in [0.5, 0.6) is 0 Å². The van der Waals surface area contributed by atoms with Gasteiger partial charge in [-0.05, 0) is 78.3 Å². The molecule has 0 aromatic rings. The Bertz CT molecular complexity index is 943. The van der Waals surface area contributed by atoms with Gasteiger partial charge in [0.15, 0.2) is 0 Å². The Labute approximate surface area is 413 Å². The lowest BCUT2D eigenvalue weighted by Gasteiger charge is -2.34. The summed E-state index contributed by atoms with van der Waals surface area (Å²) in [6, 6.07) is 0. The molecule has 0 aromatic carbocycles. The van der Waals surface area contributed by atoms with Crippen molar-refractivity contribution >= 4 is 18.5 Å². The van der Waals surface area contributed by atoms with Gasteiger partial charge in [-0.1, -0.05) is 202 Å². The summed E-state index contributed by atoms with van der Waals surface area (Å²) >= 11 is 0. The summed E-state index contributed by atoms with van der Waals surface area (Å²) < 4.78 is 4.84. The third kappa shape index (κ3) is 49.0. The molecule has 9 heteroatoms. The van der Waals surface area contributed by atoms with Crippen LogP contribution in [0.2, 0.25) is 0 Å². The van der Waals surface area contributed by atoms with E-state index in [2.05, 4.69) is 66.2 Å². The van der Waals surface area contributed by atoms with Crippen molar-refractivity contribution in [2.45, 2.75) is 247 Å².